The van der Waals surface area contributed by atoms with Crippen LogP contribution in [0.1, 0.15) is 645 Å². The summed E-state index contributed by atoms with van der Waals surface area (Å²) in [5.74, 6) is 1.39. The highest BCUT2D eigenvalue weighted by Crippen LogP contribution is 2.36. The highest BCUT2D eigenvalue weighted by Gasteiger charge is 2.25. The molecule has 868 valence electrons. The zero-order chi connectivity index (χ0) is 119. The van der Waals surface area contributed by atoms with E-state index in [0.717, 1.165) is 23.9 Å². The van der Waals surface area contributed by atoms with Gasteiger partial charge in [-0.05, 0) is 288 Å². The molecule has 0 bridgehead atoms. The van der Waals surface area contributed by atoms with Crippen molar-refractivity contribution in [3.05, 3.63) is 161 Å². The maximum atomic E-state index is 5.62. The SMILES string of the molecule is CC(C)(C)C=CCC(C)(C)C.CC(C)(C)C=CCCC(C)(C)C.CC(C)(C)C=CCOC(C)(C)C.CC(C)(C)CCC(C)(C)C.CC(C)(C)CCCC(C)(C)C.CC(C)(C)CCCCC(C)(C)C.CC(C)(C)CCCOC(C)(C)C.CC(C)(C)c1ccc(C(C)(C)C)cc1.CC(C)(C)c1ccc(C(C)(C)C)nc1.CC(C)(C)c1ccc(C(C)(C)C)nc1.CC(C)c1cnn(C(C)C)c1.CC(CC=CC(C)(C)C)CC(C)(C)C. The summed E-state index contributed by atoms with van der Waals surface area (Å²) >= 11 is 0. The third-order valence-electron chi connectivity index (χ3n) is 22.8. The maximum Gasteiger partial charge on any atom is 0.0654 e. The fourth-order valence-corrected chi connectivity index (χ4v) is 13.4. The van der Waals surface area contributed by atoms with E-state index in [4.69, 9.17) is 9.47 Å². The lowest BCUT2D eigenvalue weighted by atomic mass is 9.81. The van der Waals surface area contributed by atoms with E-state index in [1.165, 1.54) is 131 Å². The van der Waals surface area contributed by atoms with E-state index in [1.54, 1.807) is 0 Å². The van der Waals surface area contributed by atoms with Crippen LogP contribution in [0, 0.1) is 81.7 Å². The molecule has 4 aromatic rings. The number of benzene rings is 1. The van der Waals surface area contributed by atoms with E-state index in [1.807, 2.05) is 23.3 Å². The molecule has 3 heterocycles. The molecule has 1 atom stereocenters. The van der Waals surface area contributed by atoms with Crippen molar-refractivity contribution >= 4 is 0 Å². The van der Waals surface area contributed by atoms with Crippen LogP contribution in [0.2, 0.25) is 0 Å². The Hall–Kier alpha value is -4.39. The minimum Gasteiger partial charge on any atom is -0.376 e. The number of pyridine rings is 2. The average molecular weight is 2060 g/mol. The van der Waals surface area contributed by atoms with Crippen LogP contribution in [0.15, 0.2) is 122 Å². The van der Waals surface area contributed by atoms with Crippen LogP contribution in [0.25, 0.3) is 0 Å². The lowest BCUT2D eigenvalue weighted by molar-refractivity contribution is -0.00721. The molecule has 0 fully saturated rings. The molecular weight excluding hydrogens is 1780 g/mol. The average Bonchev–Trinajstić information content (AvgIpc) is 1.21. The number of nitrogens with zero attached hydrogens (tertiary/aromatic N) is 4. The van der Waals surface area contributed by atoms with Gasteiger partial charge >= 0.3 is 0 Å². The topological polar surface area (TPSA) is 62.1 Å². The van der Waals surface area contributed by atoms with Gasteiger partial charge in [0.15, 0.2) is 0 Å². The van der Waals surface area contributed by atoms with Crippen LogP contribution < -0.4 is 0 Å². The second-order valence-electron chi connectivity index (χ2n) is 68.5. The van der Waals surface area contributed by atoms with Gasteiger partial charge in [0.2, 0.25) is 0 Å². The summed E-state index contributed by atoms with van der Waals surface area (Å²) in [6.45, 7) is 161. The second kappa shape index (κ2) is 67.5. The second-order valence-corrected chi connectivity index (χ2v) is 68.5. The largest absolute Gasteiger partial charge is 0.376 e. The number of allylic oxidation sites excluding steroid dienone is 7. The lowest BCUT2D eigenvalue weighted by Gasteiger charge is -2.24. The highest BCUT2D eigenvalue weighted by molar-refractivity contribution is 5.31. The fourth-order valence-electron chi connectivity index (χ4n) is 13.4. The molecule has 1 unspecified atom stereocenters. The summed E-state index contributed by atoms with van der Waals surface area (Å²) in [4.78, 5) is 9.03. The Balaban J connectivity index is -0.000000239. The van der Waals surface area contributed by atoms with Crippen LogP contribution in [0.4, 0.5) is 0 Å². The number of hydrogen-bond donors (Lipinski definition) is 0. The van der Waals surface area contributed by atoms with E-state index in [-0.39, 0.29) is 49.1 Å². The Kier molecular flexibility index (Phi) is 72.5. The molecule has 1 aromatic carbocycles. The van der Waals surface area contributed by atoms with Crippen molar-refractivity contribution in [2.24, 2.45) is 81.7 Å². The van der Waals surface area contributed by atoms with Gasteiger partial charge in [-0.1, -0.05) is 540 Å². The first-order valence-electron chi connectivity index (χ1n) is 58.4. The van der Waals surface area contributed by atoms with E-state index < -0.39 is 0 Å². The predicted molar refractivity (Wildman–Crippen MR) is 677 cm³/mol. The molecule has 0 amide bonds. The van der Waals surface area contributed by atoms with Crippen molar-refractivity contribution in [2.75, 3.05) is 13.2 Å². The van der Waals surface area contributed by atoms with Crippen molar-refractivity contribution in [2.45, 2.75) is 650 Å². The number of ether oxygens (including phenoxy) is 2. The van der Waals surface area contributed by atoms with Crippen molar-refractivity contribution in [3.8, 4) is 0 Å². The van der Waals surface area contributed by atoms with Gasteiger partial charge in [0.1, 0.15) is 0 Å². The molecule has 0 saturated carbocycles. The molecule has 0 aliphatic carbocycles. The Labute approximate surface area is 929 Å². The summed E-state index contributed by atoms with van der Waals surface area (Å²) < 4.78 is 13.2. The number of rotatable bonds is 19. The third kappa shape index (κ3) is 123. The monoisotopic (exact) mass is 2050 g/mol. The molecular formula is C141H272N4O2. The van der Waals surface area contributed by atoms with E-state index >= 15 is 0 Å². The van der Waals surface area contributed by atoms with E-state index in [0.29, 0.717) is 89.0 Å². The first-order chi connectivity index (χ1) is 64.3. The molecule has 6 nitrogen and oxygen atoms in total. The van der Waals surface area contributed by atoms with E-state index in [2.05, 4.69) is 610 Å². The Morgan fingerprint density at radius 2 is 0.544 bits per heavy atom. The zero-order valence-electron chi connectivity index (χ0n) is 114. The van der Waals surface area contributed by atoms with Crippen molar-refractivity contribution < 1.29 is 9.47 Å². The first kappa shape index (κ1) is 158. The lowest BCUT2D eigenvalue weighted by Crippen LogP contribution is -2.20. The smallest absolute Gasteiger partial charge is 0.0654 e. The molecule has 4 rings (SSSR count). The third-order valence-corrected chi connectivity index (χ3v) is 22.8. The number of hydrogen-bond acceptors (Lipinski definition) is 5. The van der Waals surface area contributed by atoms with Crippen molar-refractivity contribution in [1.29, 1.82) is 0 Å². The molecule has 6 heteroatoms. The van der Waals surface area contributed by atoms with Gasteiger partial charge in [-0.3, -0.25) is 14.6 Å². The van der Waals surface area contributed by atoms with Crippen molar-refractivity contribution in [3.63, 3.8) is 0 Å². The molecule has 0 saturated heterocycles. The van der Waals surface area contributed by atoms with Gasteiger partial charge < -0.3 is 9.47 Å². The fraction of sp³-hybridized carbons (Fsp3) is 0.809. The van der Waals surface area contributed by atoms with Crippen LogP contribution in [-0.2, 0) is 42.0 Å². The quantitative estimate of drug-likeness (QED) is 0.0692. The molecule has 3 aromatic heterocycles. The number of unbranched alkanes of at least 4 members (excludes halogenated alkanes) is 1. The first-order valence-corrected chi connectivity index (χ1v) is 58.4. The molecule has 0 N–H and O–H groups in total. The molecule has 0 aliphatic rings. The summed E-state index contributed by atoms with van der Waals surface area (Å²) in [6, 6.07) is 18.1. The van der Waals surface area contributed by atoms with Crippen LogP contribution in [0.5, 0.6) is 0 Å². The molecule has 0 aliphatic heterocycles. The summed E-state index contributed by atoms with van der Waals surface area (Å²) in [5, 5.41) is 4.25. The Morgan fingerprint density at radius 1 is 0.265 bits per heavy atom. The minimum atomic E-state index is -0.0256. The summed E-state index contributed by atoms with van der Waals surface area (Å²) in [7, 11) is 0. The van der Waals surface area contributed by atoms with Gasteiger partial charge in [-0.2, -0.15) is 5.10 Å². The van der Waals surface area contributed by atoms with Crippen molar-refractivity contribution in [1.82, 2.24) is 19.7 Å². The van der Waals surface area contributed by atoms with Gasteiger partial charge in [0, 0.05) is 53.5 Å². The van der Waals surface area contributed by atoms with Gasteiger partial charge in [-0.15, -0.1) is 0 Å². The van der Waals surface area contributed by atoms with E-state index in [9.17, 15) is 0 Å². The van der Waals surface area contributed by atoms with Crippen LogP contribution >= 0.6 is 0 Å². The zero-order valence-corrected chi connectivity index (χ0v) is 114. The maximum absolute atomic E-state index is 5.62. The highest BCUT2D eigenvalue weighted by atomic mass is 16.5. The standard InChI is InChI=1S/C14H22.C14H28.2C13H21N.C12H26.C12H24.C11H24O.C11H22O.C11H24.C11H22.C10H22.C9H16N2/c1-13(2,3)11-7-9-12(10-8-11)14(4,5)6;1-12(11-14(5,6)7)9-8-10-13(2,3)4;2*1-12(2,3)10-7-8-11(14-9-10)13(4,5)6;2*1-11(2,3)9-7-8-10-12(4,5)6;2*1-10(2,3)8-7-9-12-11(4,5)6;2*1-10(2,3)8-7-9-11(4,5)6;1-9(2,3)7-8-10(4,5)6;1-7(2)9-5-10-11(6-9)8(3)4/h7-10H,1-6H3;8,10,12H,9,11H2,1-7H3;2*7-9H,1-6H3;7-10H2,1-6H3;7,9H,8,10H2,1-6H3;7-9H2,1-6H3;7-8H,9H2,1-6H3;7-9H2,1-6H3;7-8H,9H2,1-6H3;7-8H2,1-6H3;5-8H,1-4H3. The predicted octanol–water partition coefficient (Wildman–Crippen LogP) is 47.5. The minimum absolute atomic E-state index is 0.0256. The summed E-state index contributed by atoms with van der Waals surface area (Å²) in [5.41, 5.74) is 16.5. The van der Waals surface area contributed by atoms with Gasteiger partial charge in [0.25, 0.3) is 0 Å². The molecule has 0 radical (unpaired) electrons. The summed E-state index contributed by atoms with van der Waals surface area (Å²) in [6.07, 6.45) is 47.0. The van der Waals surface area contributed by atoms with Gasteiger partial charge in [0.05, 0.1) is 24.0 Å². The Bertz CT molecular complexity index is 3560. The Morgan fingerprint density at radius 3 is 0.776 bits per heavy atom. The molecule has 147 heavy (non-hydrogen) atoms. The molecule has 0 spiro atoms. The normalized spacial score (nSPS) is 13.7. The van der Waals surface area contributed by atoms with Crippen LogP contribution in [-0.4, -0.2) is 44.2 Å². The van der Waals surface area contributed by atoms with Crippen LogP contribution in [0.3, 0.4) is 0 Å². The van der Waals surface area contributed by atoms with Gasteiger partial charge in [-0.25, -0.2) is 0 Å². The number of aromatic nitrogens is 4.